The number of rotatable bonds is 6. The van der Waals surface area contributed by atoms with Crippen molar-refractivity contribution in [2.75, 3.05) is 13.1 Å². The second-order valence-electron chi connectivity index (χ2n) is 8.48. The number of carboxylic acid groups (broad SMARTS) is 1. The predicted octanol–water partition coefficient (Wildman–Crippen LogP) is 1.58. The third-order valence-electron chi connectivity index (χ3n) is 4.94. The van der Waals surface area contributed by atoms with Crippen LogP contribution >= 0.6 is 0 Å². The van der Waals surface area contributed by atoms with E-state index in [-0.39, 0.29) is 17.7 Å². The summed E-state index contributed by atoms with van der Waals surface area (Å²) in [6.07, 6.45) is 1.21. The Morgan fingerprint density at radius 3 is 2.40 bits per heavy atom. The summed E-state index contributed by atoms with van der Waals surface area (Å²) < 4.78 is 5.81. The molecule has 9 heteroatoms. The first-order chi connectivity index (χ1) is 14.0. The molecule has 0 aromatic carbocycles. The van der Waals surface area contributed by atoms with E-state index in [1.807, 2.05) is 26.8 Å². The molecule has 1 aliphatic rings. The topological polar surface area (TPSA) is 133 Å². The van der Waals surface area contributed by atoms with Crippen LogP contribution in [0.1, 0.15) is 56.6 Å². The number of carboxylic acids is 1. The molecule has 0 aliphatic carbocycles. The van der Waals surface area contributed by atoms with E-state index >= 15 is 0 Å². The molecule has 0 saturated carbocycles. The van der Waals surface area contributed by atoms with Crippen molar-refractivity contribution in [3.63, 3.8) is 0 Å². The lowest BCUT2D eigenvalue weighted by atomic mass is 9.88. The number of nitriles is 1. The van der Waals surface area contributed by atoms with E-state index in [2.05, 4.69) is 10.3 Å². The Labute approximate surface area is 176 Å². The maximum Gasteiger partial charge on any atom is 0.333 e. The molecule has 1 saturated heterocycles. The molecule has 2 amide bonds. The highest BCUT2D eigenvalue weighted by molar-refractivity contribution is 5.96. The van der Waals surface area contributed by atoms with Gasteiger partial charge in [0.25, 0.3) is 5.91 Å². The van der Waals surface area contributed by atoms with Gasteiger partial charge < -0.3 is 20.1 Å². The molecule has 2 N–H and O–H groups in total. The molecule has 1 aromatic rings. The van der Waals surface area contributed by atoms with E-state index in [1.54, 1.807) is 11.8 Å². The van der Waals surface area contributed by atoms with Crippen molar-refractivity contribution in [2.24, 2.45) is 5.41 Å². The number of ether oxygens (including phenoxy) is 1. The summed E-state index contributed by atoms with van der Waals surface area (Å²) >= 11 is 0. The minimum atomic E-state index is -0.992. The molecule has 30 heavy (non-hydrogen) atoms. The minimum Gasteiger partial charge on any atom is -0.479 e. The molecule has 1 aliphatic heterocycles. The molecule has 1 fully saturated rings. The van der Waals surface area contributed by atoms with Gasteiger partial charge in [-0.2, -0.15) is 5.26 Å². The molecule has 2 heterocycles. The Morgan fingerprint density at radius 1 is 1.30 bits per heavy atom. The number of nitrogens with one attached hydrogen (secondary N) is 1. The van der Waals surface area contributed by atoms with Gasteiger partial charge in [0.1, 0.15) is 17.8 Å². The van der Waals surface area contributed by atoms with E-state index < -0.39 is 29.4 Å². The number of hydrogen-bond donors (Lipinski definition) is 2. The van der Waals surface area contributed by atoms with Crippen LogP contribution in [0, 0.1) is 16.7 Å². The fourth-order valence-corrected chi connectivity index (χ4v) is 3.24. The molecule has 2 rings (SSSR count). The summed E-state index contributed by atoms with van der Waals surface area (Å²) in [5.74, 6) is -1.71. The smallest absolute Gasteiger partial charge is 0.333 e. The van der Waals surface area contributed by atoms with Gasteiger partial charge in [-0.1, -0.05) is 20.8 Å². The van der Waals surface area contributed by atoms with Crippen LogP contribution in [0.2, 0.25) is 0 Å². The molecular formula is C21H28N4O5. The summed E-state index contributed by atoms with van der Waals surface area (Å²) in [6, 6.07) is 4.10. The van der Waals surface area contributed by atoms with Crippen molar-refractivity contribution in [1.82, 2.24) is 15.2 Å². The van der Waals surface area contributed by atoms with Gasteiger partial charge in [-0.3, -0.25) is 9.59 Å². The number of amides is 2. The number of piperidine rings is 1. The van der Waals surface area contributed by atoms with Gasteiger partial charge in [0.2, 0.25) is 5.91 Å². The van der Waals surface area contributed by atoms with Crippen LogP contribution in [0.3, 0.4) is 0 Å². The maximum absolute atomic E-state index is 12.7. The van der Waals surface area contributed by atoms with Gasteiger partial charge in [-0.05, 0) is 37.3 Å². The van der Waals surface area contributed by atoms with Gasteiger partial charge in [-0.25, -0.2) is 9.78 Å². The van der Waals surface area contributed by atoms with Crippen molar-refractivity contribution in [1.29, 1.82) is 5.26 Å². The van der Waals surface area contributed by atoms with Crippen molar-refractivity contribution >= 4 is 17.8 Å². The summed E-state index contributed by atoms with van der Waals surface area (Å²) in [5.41, 5.74) is -0.0585. The zero-order valence-corrected chi connectivity index (χ0v) is 17.7. The average molecular weight is 416 g/mol. The standard InChI is InChI=1S/C21H28N4O5/c1-13(24-18(26)16-6-5-14(11-22)12-23-16)19(27)25-9-7-15(8-10-25)30-17(20(28)29)21(2,3)4/h5-6,12-13,15,17H,7-10H2,1-4H3,(H,24,26)(H,28,29)/t13?,17-/m1/s1. The Bertz CT molecular complexity index is 817. The van der Waals surface area contributed by atoms with Gasteiger partial charge in [0.05, 0.1) is 11.7 Å². The summed E-state index contributed by atoms with van der Waals surface area (Å²) in [7, 11) is 0. The highest BCUT2D eigenvalue weighted by atomic mass is 16.5. The molecule has 9 nitrogen and oxygen atoms in total. The zero-order valence-electron chi connectivity index (χ0n) is 17.7. The SMILES string of the molecule is CC(NC(=O)c1ccc(C#N)cn1)C(=O)N1CCC(O[C@H](C(=O)O)C(C)(C)C)CC1. The van der Waals surface area contributed by atoms with Crippen molar-refractivity contribution < 1.29 is 24.2 Å². The third kappa shape index (κ3) is 6.00. The number of nitrogens with zero attached hydrogens (tertiary/aromatic N) is 3. The molecule has 2 atom stereocenters. The summed E-state index contributed by atoms with van der Waals surface area (Å²) in [5, 5.41) is 20.8. The van der Waals surface area contributed by atoms with E-state index in [1.165, 1.54) is 18.3 Å². The Hall–Kier alpha value is -2.99. The van der Waals surface area contributed by atoms with Crippen LogP contribution in [0.4, 0.5) is 0 Å². The molecule has 1 aromatic heterocycles. The molecule has 1 unspecified atom stereocenters. The number of carbonyl (C=O) groups excluding carboxylic acids is 2. The Kier molecular flexibility index (Phi) is 7.51. The number of likely N-dealkylation sites (tertiary alicyclic amines) is 1. The molecule has 162 valence electrons. The number of pyridine rings is 1. The number of aliphatic carboxylic acids is 1. The maximum atomic E-state index is 12.7. The molecule has 0 spiro atoms. The normalized spacial score (nSPS) is 17.0. The quantitative estimate of drug-likeness (QED) is 0.719. The zero-order chi connectivity index (χ0) is 22.5. The summed E-state index contributed by atoms with van der Waals surface area (Å²) in [4.78, 5) is 42.0. The van der Waals surface area contributed by atoms with Crippen molar-refractivity contribution in [2.45, 2.75) is 58.8 Å². The fraction of sp³-hybridized carbons (Fsp3) is 0.571. The van der Waals surface area contributed by atoms with E-state index in [9.17, 15) is 19.5 Å². The third-order valence-corrected chi connectivity index (χ3v) is 4.94. The van der Waals surface area contributed by atoms with Crippen molar-refractivity contribution in [3.05, 3.63) is 29.6 Å². The lowest BCUT2D eigenvalue weighted by Crippen LogP contribution is -2.51. The van der Waals surface area contributed by atoms with Crippen LogP contribution in [-0.2, 0) is 14.3 Å². The average Bonchev–Trinajstić information content (AvgIpc) is 2.70. The lowest BCUT2D eigenvalue weighted by Gasteiger charge is -2.37. The van der Waals surface area contributed by atoms with Crippen LogP contribution in [-0.4, -0.2) is 64.1 Å². The molecular weight excluding hydrogens is 388 g/mol. The Balaban J connectivity index is 1.87. The largest absolute Gasteiger partial charge is 0.479 e. The first-order valence-electron chi connectivity index (χ1n) is 9.87. The van der Waals surface area contributed by atoms with E-state index in [0.29, 0.717) is 31.5 Å². The number of hydrogen-bond acceptors (Lipinski definition) is 6. The lowest BCUT2D eigenvalue weighted by molar-refractivity contribution is -0.167. The first kappa shape index (κ1) is 23.3. The van der Waals surface area contributed by atoms with Gasteiger partial charge in [-0.15, -0.1) is 0 Å². The fourth-order valence-electron chi connectivity index (χ4n) is 3.24. The van der Waals surface area contributed by atoms with Gasteiger partial charge >= 0.3 is 5.97 Å². The van der Waals surface area contributed by atoms with Crippen LogP contribution in [0.25, 0.3) is 0 Å². The Morgan fingerprint density at radius 2 is 1.93 bits per heavy atom. The van der Waals surface area contributed by atoms with Crippen LogP contribution < -0.4 is 5.32 Å². The predicted molar refractivity (Wildman–Crippen MR) is 107 cm³/mol. The highest BCUT2D eigenvalue weighted by Crippen LogP contribution is 2.26. The first-order valence-corrected chi connectivity index (χ1v) is 9.87. The second-order valence-corrected chi connectivity index (χ2v) is 8.48. The molecule has 0 radical (unpaired) electrons. The molecule has 0 bridgehead atoms. The monoisotopic (exact) mass is 416 g/mol. The minimum absolute atomic E-state index is 0.127. The van der Waals surface area contributed by atoms with Gasteiger partial charge in [0, 0.05) is 19.3 Å². The van der Waals surface area contributed by atoms with Crippen LogP contribution in [0.5, 0.6) is 0 Å². The summed E-state index contributed by atoms with van der Waals surface area (Å²) in [6.45, 7) is 7.91. The van der Waals surface area contributed by atoms with E-state index in [4.69, 9.17) is 10.00 Å². The highest BCUT2D eigenvalue weighted by Gasteiger charge is 2.36. The number of carbonyl (C=O) groups is 3. The van der Waals surface area contributed by atoms with Crippen LogP contribution in [0.15, 0.2) is 18.3 Å². The number of aromatic nitrogens is 1. The second kappa shape index (κ2) is 9.67. The van der Waals surface area contributed by atoms with Crippen molar-refractivity contribution in [3.8, 4) is 6.07 Å². The van der Waals surface area contributed by atoms with Gasteiger partial charge in [0.15, 0.2) is 6.10 Å². The van der Waals surface area contributed by atoms with E-state index in [0.717, 1.165) is 0 Å².